The number of hydrogen-bond donors (Lipinski definition) is 1. The van der Waals surface area contributed by atoms with E-state index in [9.17, 15) is 4.79 Å². The molecule has 1 aromatic heterocycles. The number of methoxy groups -OCH3 is 1. The van der Waals surface area contributed by atoms with E-state index in [2.05, 4.69) is 10.3 Å². The van der Waals surface area contributed by atoms with Crippen molar-refractivity contribution in [2.75, 3.05) is 13.7 Å². The summed E-state index contributed by atoms with van der Waals surface area (Å²) in [5.74, 6) is -0.987. The molecule has 90 valence electrons. The van der Waals surface area contributed by atoms with Gasteiger partial charge >= 0.3 is 5.97 Å². The summed E-state index contributed by atoms with van der Waals surface area (Å²) in [5.41, 5.74) is 1.35. The van der Waals surface area contributed by atoms with E-state index in [0.29, 0.717) is 18.7 Å². The van der Waals surface area contributed by atoms with Gasteiger partial charge in [-0.05, 0) is 18.6 Å². The lowest BCUT2D eigenvalue weighted by Crippen LogP contribution is -2.03. The van der Waals surface area contributed by atoms with E-state index in [1.54, 1.807) is 17.9 Å². The Hall–Kier alpha value is -1.95. The zero-order chi connectivity index (χ0) is 12.3. The molecule has 0 fully saturated rings. The van der Waals surface area contributed by atoms with Gasteiger partial charge in [0, 0.05) is 20.3 Å². The van der Waals surface area contributed by atoms with Gasteiger partial charge in [0.15, 0.2) is 0 Å². The molecule has 1 heterocycles. The topological polar surface area (TPSA) is 77.2 Å². The van der Waals surface area contributed by atoms with Gasteiger partial charge in [0.2, 0.25) is 0 Å². The Balaban J connectivity index is 2.34. The molecule has 0 spiro atoms. The molecule has 2 aromatic rings. The summed E-state index contributed by atoms with van der Waals surface area (Å²) >= 11 is 0. The Morgan fingerprint density at radius 2 is 2.35 bits per heavy atom. The number of hydrogen-bond acceptors (Lipinski definition) is 4. The molecule has 0 unspecified atom stereocenters. The Bertz CT molecular complexity index is 536. The van der Waals surface area contributed by atoms with E-state index in [1.807, 2.05) is 6.07 Å². The Labute approximate surface area is 97.8 Å². The van der Waals surface area contributed by atoms with E-state index < -0.39 is 5.97 Å². The second-order valence-electron chi connectivity index (χ2n) is 3.64. The second kappa shape index (κ2) is 4.92. The molecule has 0 saturated heterocycles. The summed E-state index contributed by atoms with van der Waals surface area (Å²) in [7, 11) is 1.64. The smallest absolute Gasteiger partial charge is 0.338 e. The van der Waals surface area contributed by atoms with Crippen LogP contribution in [0.2, 0.25) is 0 Å². The van der Waals surface area contributed by atoms with E-state index in [4.69, 9.17) is 9.84 Å². The quantitative estimate of drug-likeness (QED) is 0.787. The van der Waals surface area contributed by atoms with Crippen LogP contribution in [-0.4, -0.2) is 39.8 Å². The van der Waals surface area contributed by atoms with Gasteiger partial charge in [-0.25, -0.2) is 9.48 Å². The van der Waals surface area contributed by atoms with Crippen molar-refractivity contribution in [1.29, 1.82) is 0 Å². The van der Waals surface area contributed by atoms with Crippen LogP contribution >= 0.6 is 0 Å². The zero-order valence-electron chi connectivity index (χ0n) is 9.46. The maximum atomic E-state index is 11.0. The molecular formula is C11H13N3O3. The summed E-state index contributed by atoms with van der Waals surface area (Å²) in [4.78, 5) is 11.0. The van der Waals surface area contributed by atoms with Crippen molar-refractivity contribution < 1.29 is 14.6 Å². The van der Waals surface area contributed by atoms with Crippen LogP contribution in [0.25, 0.3) is 11.0 Å². The fourth-order valence-corrected chi connectivity index (χ4v) is 1.69. The molecule has 1 aromatic carbocycles. The van der Waals surface area contributed by atoms with Crippen molar-refractivity contribution in [3.8, 4) is 0 Å². The number of fused-ring (bicyclic) bond motifs is 1. The maximum Gasteiger partial charge on any atom is 0.338 e. The molecule has 0 aliphatic rings. The van der Waals surface area contributed by atoms with Gasteiger partial charge in [-0.1, -0.05) is 11.3 Å². The zero-order valence-corrected chi connectivity index (χ0v) is 9.46. The number of carbonyl (C=O) groups is 1. The van der Waals surface area contributed by atoms with Crippen LogP contribution in [0.5, 0.6) is 0 Å². The number of aromatic nitrogens is 3. The Kier molecular flexibility index (Phi) is 3.34. The minimum absolute atomic E-state index is 0.181. The minimum atomic E-state index is -0.987. The number of nitrogens with zero attached hydrogens (tertiary/aromatic N) is 3. The molecule has 0 atom stereocenters. The van der Waals surface area contributed by atoms with E-state index in [0.717, 1.165) is 11.9 Å². The molecular weight excluding hydrogens is 222 g/mol. The monoisotopic (exact) mass is 235 g/mol. The first-order valence-electron chi connectivity index (χ1n) is 5.28. The van der Waals surface area contributed by atoms with Crippen LogP contribution in [-0.2, 0) is 11.3 Å². The number of aromatic carboxylic acids is 1. The van der Waals surface area contributed by atoms with Gasteiger partial charge in [0.05, 0.1) is 11.1 Å². The molecule has 1 N–H and O–H groups in total. The average Bonchev–Trinajstić information content (AvgIpc) is 2.72. The average molecular weight is 235 g/mol. The number of benzene rings is 1. The van der Waals surface area contributed by atoms with Crippen molar-refractivity contribution in [2.24, 2.45) is 0 Å². The van der Waals surface area contributed by atoms with Gasteiger partial charge in [-0.3, -0.25) is 0 Å². The maximum absolute atomic E-state index is 11.0. The second-order valence-corrected chi connectivity index (χ2v) is 3.64. The van der Waals surface area contributed by atoms with E-state index in [1.165, 1.54) is 6.07 Å². The number of ether oxygens (including phenoxy) is 1. The molecule has 17 heavy (non-hydrogen) atoms. The molecule has 0 aliphatic carbocycles. The van der Waals surface area contributed by atoms with E-state index >= 15 is 0 Å². The molecule has 0 saturated carbocycles. The van der Waals surface area contributed by atoms with Crippen LogP contribution in [0.3, 0.4) is 0 Å². The molecule has 0 radical (unpaired) electrons. The fraction of sp³-hybridized carbons (Fsp3) is 0.364. The van der Waals surface area contributed by atoms with Gasteiger partial charge in [-0.15, -0.1) is 5.10 Å². The van der Waals surface area contributed by atoms with Gasteiger partial charge < -0.3 is 9.84 Å². The summed E-state index contributed by atoms with van der Waals surface area (Å²) < 4.78 is 6.65. The van der Waals surface area contributed by atoms with Crippen molar-refractivity contribution in [3.63, 3.8) is 0 Å². The summed E-state index contributed by atoms with van der Waals surface area (Å²) in [6.45, 7) is 1.30. The van der Waals surface area contributed by atoms with Crippen molar-refractivity contribution in [2.45, 2.75) is 13.0 Å². The molecule has 2 rings (SSSR count). The Morgan fingerprint density at radius 3 is 3.06 bits per heavy atom. The highest BCUT2D eigenvalue weighted by molar-refractivity contribution is 6.00. The predicted molar refractivity (Wildman–Crippen MR) is 61.0 cm³/mol. The first kappa shape index (κ1) is 11.5. The third-order valence-corrected chi connectivity index (χ3v) is 2.49. The minimum Gasteiger partial charge on any atom is -0.478 e. The van der Waals surface area contributed by atoms with E-state index in [-0.39, 0.29) is 5.56 Å². The number of aryl methyl sites for hydroxylation is 1. The van der Waals surface area contributed by atoms with Gasteiger partial charge in [0.25, 0.3) is 0 Å². The molecule has 0 bridgehead atoms. The highest BCUT2D eigenvalue weighted by atomic mass is 16.5. The third kappa shape index (κ3) is 2.26. The van der Waals surface area contributed by atoms with Crippen molar-refractivity contribution >= 4 is 17.0 Å². The Morgan fingerprint density at radius 1 is 1.53 bits per heavy atom. The summed E-state index contributed by atoms with van der Waals surface area (Å²) in [6.07, 6.45) is 0.812. The lowest BCUT2D eigenvalue weighted by atomic mass is 10.2. The van der Waals surface area contributed by atoms with Crippen LogP contribution in [0.4, 0.5) is 0 Å². The molecule has 0 amide bonds. The normalized spacial score (nSPS) is 10.9. The SMILES string of the molecule is COCCCn1nnc2c(C(=O)O)cccc21. The van der Waals surface area contributed by atoms with Gasteiger partial charge in [-0.2, -0.15) is 0 Å². The first-order chi connectivity index (χ1) is 8.24. The van der Waals surface area contributed by atoms with Crippen LogP contribution in [0, 0.1) is 0 Å². The number of carboxylic acid groups (broad SMARTS) is 1. The fourth-order valence-electron chi connectivity index (χ4n) is 1.69. The van der Waals surface area contributed by atoms with Gasteiger partial charge in [0.1, 0.15) is 5.52 Å². The lowest BCUT2D eigenvalue weighted by Gasteiger charge is -2.01. The van der Waals surface area contributed by atoms with Crippen LogP contribution in [0.15, 0.2) is 18.2 Å². The van der Waals surface area contributed by atoms with Crippen LogP contribution < -0.4 is 0 Å². The summed E-state index contributed by atoms with van der Waals surface area (Å²) in [6, 6.07) is 5.04. The first-order valence-corrected chi connectivity index (χ1v) is 5.28. The third-order valence-electron chi connectivity index (χ3n) is 2.49. The molecule has 6 heteroatoms. The van der Waals surface area contributed by atoms with Crippen LogP contribution in [0.1, 0.15) is 16.8 Å². The number of rotatable bonds is 5. The largest absolute Gasteiger partial charge is 0.478 e. The highest BCUT2D eigenvalue weighted by Crippen LogP contribution is 2.16. The lowest BCUT2D eigenvalue weighted by molar-refractivity contribution is 0.0699. The summed E-state index contributed by atoms with van der Waals surface area (Å²) in [5, 5.41) is 16.9. The van der Waals surface area contributed by atoms with Crippen molar-refractivity contribution in [3.05, 3.63) is 23.8 Å². The highest BCUT2D eigenvalue weighted by Gasteiger charge is 2.13. The predicted octanol–water partition coefficient (Wildman–Crippen LogP) is 1.17. The molecule has 0 aliphatic heterocycles. The number of carboxylic acids is 1. The standard InChI is InChI=1S/C11H13N3O3/c1-17-7-3-6-14-9-5-2-4-8(11(15)16)10(9)12-13-14/h2,4-5H,3,6-7H2,1H3,(H,15,16). The van der Waals surface area contributed by atoms with Crippen molar-refractivity contribution in [1.82, 2.24) is 15.0 Å². The molecule has 6 nitrogen and oxygen atoms in total.